The summed E-state index contributed by atoms with van der Waals surface area (Å²) in [5.74, 6) is 0. The third-order valence-electron chi connectivity index (χ3n) is 2.69. The average molecular weight is 125 g/mol. The summed E-state index contributed by atoms with van der Waals surface area (Å²) in [4.78, 5) is 0. The Balaban J connectivity index is 2.04. The van der Waals surface area contributed by atoms with Crippen molar-refractivity contribution in [2.75, 3.05) is 6.61 Å². The van der Waals surface area contributed by atoms with E-state index in [1.165, 1.54) is 32.1 Å². The first-order chi connectivity index (χ1) is 4.41. The lowest BCUT2D eigenvalue weighted by atomic mass is 9.86. The Kier molecular flexibility index (Phi) is 1.26. The van der Waals surface area contributed by atoms with Crippen LogP contribution in [-0.4, -0.2) is 6.61 Å². The molecule has 0 N–H and O–H groups in total. The highest BCUT2D eigenvalue weighted by Crippen LogP contribution is 2.45. The minimum Gasteiger partial charge on any atom is -0.375 e. The van der Waals surface area contributed by atoms with Gasteiger partial charge in [0.15, 0.2) is 0 Å². The quantitative estimate of drug-likeness (QED) is 0.482. The van der Waals surface area contributed by atoms with Crippen LogP contribution in [0.3, 0.4) is 0 Å². The summed E-state index contributed by atoms with van der Waals surface area (Å²) < 4.78 is 5.26. The van der Waals surface area contributed by atoms with Crippen LogP contribution in [0.2, 0.25) is 0 Å². The molecule has 1 saturated heterocycles. The zero-order chi connectivity index (χ0) is 6.16. The first kappa shape index (κ1) is 5.72. The van der Waals surface area contributed by atoms with E-state index in [1.807, 2.05) is 6.61 Å². The third kappa shape index (κ3) is 0.877. The summed E-state index contributed by atoms with van der Waals surface area (Å²) in [5.41, 5.74) is 0.611. The Morgan fingerprint density at radius 2 is 2.00 bits per heavy atom. The normalized spacial score (nSPS) is 32.0. The van der Waals surface area contributed by atoms with Crippen LogP contribution in [-0.2, 0) is 4.74 Å². The van der Waals surface area contributed by atoms with Crippen LogP contribution >= 0.6 is 0 Å². The molecular weight excluding hydrogens is 112 g/mol. The van der Waals surface area contributed by atoms with E-state index in [1.54, 1.807) is 0 Å². The lowest BCUT2D eigenvalue weighted by Crippen LogP contribution is -2.14. The van der Waals surface area contributed by atoms with E-state index in [0.29, 0.717) is 5.41 Å². The Morgan fingerprint density at radius 3 is 2.56 bits per heavy atom. The second kappa shape index (κ2) is 1.98. The van der Waals surface area contributed by atoms with Gasteiger partial charge in [0, 0.05) is 0 Å². The molecule has 0 unspecified atom stereocenters. The number of hydrogen-bond donors (Lipinski definition) is 0. The first-order valence-electron chi connectivity index (χ1n) is 3.85. The maximum atomic E-state index is 5.26. The van der Waals surface area contributed by atoms with Crippen LogP contribution in [0.25, 0.3) is 0 Å². The molecule has 0 aromatic carbocycles. The van der Waals surface area contributed by atoms with E-state index in [0.717, 1.165) is 6.61 Å². The van der Waals surface area contributed by atoms with Gasteiger partial charge in [-0.3, -0.25) is 0 Å². The third-order valence-corrected chi connectivity index (χ3v) is 2.69. The van der Waals surface area contributed by atoms with Gasteiger partial charge in [-0.15, -0.1) is 0 Å². The maximum absolute atomic E-state index is 5.26. The lowest BCUT2D eigenvalue weighted by molar-refractivity contribution is 0.181. The molecule has 51 valence electrons. The molecule has 2 rings (SSSR count). The van der Waals surface area contributed by atoms with Crippen molar-refractivity contribution in [2.24, 2.45) is 5.41 Å². The molecule has 2 fully saturated rings. The maximum Gasteiger partial charge on any atom is 0.0843 e. The van der Waals surface area contributed by atoms with Gasteiger partial charge in [-0.05, 0) is 24.7 Å². The van der Waals surface area contributed by atoms with Crippen LogP contribution in [0.15, 0.2) is 0 Å². The van der Waals surface area contributed by atoms with Gasteiger partial charge in [-0.25, -0.2) is 0 Å². The van der Waals surface area contributed by atoms with Crippen molar-refractivity contribution in [3.05, 3.63) is 6.61 Å². The molecule has 0 amide bonds. The van der Waals surface area contributed by atoms with Crippen molar-refractivity contribution in [2.45, 2.75) is 32.1 Å². The van der Waals surface area contributed by atoms with Gasteiger partial charge < -0.3 is 4.74 Å². The van der Waals surface area contributed by atoms with E-state index in [4.69, 9.17) is 4.74 Å². The van der Waals surface area contributed by atoms with E-state index >= 15 is 0 Å². The molecule has 1 spiro atoms. The van der Waals surface area contributed by atoms with Gasteiger partial charge in [0.2, 0.25) is 0 Å². The van der Waals surface area contributed by atoms with Gasteiger partial charge in [0.05, 0.1) is 13.2 Å². The Labute approximate surface area is 56.4 Å². The standard InChI is InChI=1S/C8H13O/c1-2-4-8(3-1)5-6-9-7-8/h6H,1-5,7H2. The summed E-state index contributed by atoms with van der Waals surface area (Å²) in [7, 11) is 0. The Bertz CT molecular complexity index is 79.6. The molecule has 1 aliphatic heterocycles. The van der Waals surface area contributed by atoms with Crippen molar-refractivity contribution < 1.29 is 4.74 Å². The van der Waals surface area contributed by atoms with E-state index < -0.39 is 0 Å². The Morgan fingerprint density at radius 1 is 1.22 bits per heavy atom. The van der Waals surface area contributed by atoms with Gasteiger partial charge in [-0.2, -0.15) is 0 Å². The van der Waals surface area contributed by atoms with E-state index in [9.17, 15) is 0 Å². The molecule has 0 atom stereocenters. The van der Waals surface area contributed by atoms with E-state index in [-0.39, 0.29) is 0 Å². The van der Waals surface area contributed by atoms with Gasteiger partial charge in [0.25, 0.3) is 0 Å². The minimum absolute atomic E-state index is 0.611. The molecule has 1 nitrogen and oxygen atoms in total. The van der Waals surface area contributed by atoms with Crippen LogP contribution < -0.4 is 0 Å². The zero-order valence-corrected chi connectivity index (χ0v) is 5.73. The molecule has 9 heavy (non-hydrogen) atoms. The molecule has 2 aliphatic rings. The topological polar surface area (TPSA) is 9.23 Å². The summed E-state index contributed by atoms with van der Waals surface area (Å²) in [6.07, 6.45) is 6.88. The fourth-order valence-electron chi connectivity index (χ4n) is 2.00. The smallest absolute Gasteiger partial charge is 0.0843 e. The molecule has 1 heterocycles. The number of rotatable bonds is 0. The molecule has 0 bridgehead atoms. The summed E-state index contributed by atoms with van der Waals surface area (Å²) >= 11 is 0. The Hall–Kier alpha value is -0.0400. The predicted molar refractivity (Wildman–Crippen MR) is 35.8 cm³/mol. The molecule has 1 heteroatoms. The van der Waals surface area contributed by atoms with Crippen LogP contribution in [0.1, 0.15) is 32.1 Å². The summed E-state index contributed by atoms with van der Waals surface area (Å²) in [6, 6.07) is 0. The largest absolute Gasteiger partial charge is 0.375 e. The average Bonchev–Trinajstić information content (AvgIpc) is 2.45. The van der Waals surface area contributed by atoms with Gasteiger partial charge in [0.1, 0.15) is 0 Å². The second-order valence-corrected chi connectivity index (χ2v) is 3.39. The SMILES string of the molecule is [CH]1CC2(CCCC2)CO1. The van der Waals surface area contributed by atoms with E-state index in [2.05, 4.69) is 0 Å². The summed E-state index contributed by atoms with van der Waals surface area (Å²) in [6.45, 7) is 3.00. The minimum atomic E-state index is 0.611. The fraction of sp³-hybridized carbons (Fsp3) is 0.875. The highest BCUT2D eigenvalue weighted by molar-refractivity contribution is 4.90. The van der Waals surface area contributed by atoms with Crippen molar-refractivity contribution in [3.8, 4) is 0 Å². The highest BCUT2D eigenvalue weighted by Gasteiger charge is 2.37. The number of hydrogen-bond acceptors (Lipinski definition) is 1. The predicted octanol–water partition coefficient (Wildman–Crippen LogP) is 2.13. The van der Waals surface area contributed by atoms with Crippen molar-refractivity contribution in [1.29, 1.82) is 0 Å². The van der Waals surface area contributed by atoms with Crippen molar-refractivity contribution in [3.63, 3.8) is 0 Å². The van der Waals surface area contributed by atoms with Gasteiger partial charge >= 0.3 is 0 Å². The monoisotopic (exact) mass is 125 g/mol. The van der Waals surface area contributed by atoms with Crippen LogP contribution in [0.4, 0.5) is 0 Å². The molecule has 0 aromatic rings. The van der Waals surface area contributed by atoms with Crippen LogP contribution in [0, 0.1) is 12.0 Å². The highest BCUT2D eigenvalue weighted by atomic mass is 16.5. The number of ether oxygens (including phenoxy) is 1. The van der Waals surface area contributed by atoms with Crippen molar-refractivity contribution in [1.82, 2.24) is 0 Å². The zero-order valence-electron chi connectivity index (χ0n) is 5.73. The van der Waals surface area contributed by atoms with Gasteiger partial charge in [-0.1, -0.05) is 12.8 Å². The summed E-state index contributed by atoms with van der Waals surface area (Å²) in [5, 5.41) is 0. The first-order valence-corrected chi connectivity index (χ1v) is 3.85. The lowest BCUT2D eigenvalue weighted by Gasteiger charge is -2.18. The second-order valence-electron chi connectivity index (χ2n) is 3.39. The molecule has 1 saturated carbocycles. The molecule has 1 aliphatic carbocycles. The van der Waals surface area contributed by atoms with Crippen molar-refractivity contribution >= 4 is 0 Å². The molecule has 0 aromatic heterocycles. The fourth-order valence-corrected chi connectivity index (χ4v) is 2.00. The molecular formula is C8H13O. The van der Waals surface area contributed by atoms with Crippen LogP contribution in [0.5, 0.6) is 0 Å². The molecule has 1 radical (unpaired) electrons.